The van der Waals surface area contributed by atoms with Crippen molar-refractivity contribution < 1.29 is 9.59 Å². The maximum atomic E-state index is 13.6. The average Bonchev–Trinajstić information content (AvgIpc) is 3.07. The Morgan fingerprint density at radius 2 is 1.52 bits per heavy atom. The first-order valence-electron chi connectivity index (χ1n) is 10.7. The topological polar surface area (TPSA) is 40.6 Å². The fourth-order valence-corrected chi connectivity index (χ4v) is 4.95. The summed E-state index contributed by atoms with van der Waals surface area (Å²) < 4.78 is 0. The monoisotopic (exact) mass is 408 g/mol. The van der Waals surface area contributed by atoms with Gasteiger partial charge in [0.1, 0.15) is 0 Å². The minimum absolute atomic E-state index is 0.00746. The summed E-state index contributed by atoms with van der Waals surface area (Å²) in [5.41, 5.74) is 2.52. The maximum Gasteiger partial charge on any atom is 0.256 e. The minimum atomic E-state index is -0.995. The van der Waals surface area contributed by atoms with Gasteiger partial charge in [-0.15, -0.1) is 0 Å². The Bertz CT molecular complexity index is 1160. The van der Waals surface area contributed by atoms with Crippen LogP contribution >= 0.6 is 0 Å². The van der Waals surface area contributed by atoms with Crippen LogP contribution in [0, 0.1) is 0 Å². The molecule has 4 heteroatoms. The number of nitrogens with zero attached hydrogens (tertiary/aromatic N) is 2. The van der Waals surface area contributed by atoms with Crippen molar-refractivity contribution in [1.29, 1.82) is 0 Å². The molecule has 1 saturated heterocycles. The number of hydrogen-bond donors (Lipinski definition) is 0. The van der Waals surface area contributed by atoms with Crippen molar-refractivity contribution in [3.63, 3.8) is 0 Å². The fraction of sp³-hybridized carbons (Fsp3) is 0.185. The van der Waals surface area contributed by atoms with E-state index in [0.29, 0.717) is 18.7 Å². The van der Waals surface area contributed by atoms with Crippen LogP contribution < -0.4 is 0 Å². The Morgan fingerprint density at radius 1 is 0.871 bits per heavy atom. The third kappa shape index (κ3) is 2.82. The van der Waals surface area contributed by atoms with Crippen molar-refractivity contribution >= 4 is 17.9 Å². The number of carbonyl (C=O) groups is 2. The van der Waals surface area contributed by atoms with Crippen molar-refractivity contribution in [3.05, 3.63) is 113 Å². The highest BCUT2D eigenvalue weighted by Gasteiger charge is 2.68. The molecule has 2 aliphatic heterocycles. The molecule has 3 aromatic rings. The Labute approximate surface area is 182 Å². The summed E-state index contributed by atoms with van der Waals surface area (Å²) in [4.78, 5) is 30.8. The van der Waals surface area contributed by atoms with Crippen molar-refractivity contribution in [2.24, 2.45) is 0 Å². The highest BCUT2D eigenvalue weighted by molar-refractivity contribution is 6.10. The lowest BCUT2D eigenvalue weighted by Gasteiger charge is -2.57. The summed E-state index contributed by atoms with van der Waals surface area (Å²) >= 11 is 0. The molecule has 4 nitrogen and oxygen atoms in total. The lowest BCUT2D eigenvalue weighted by Crippen LogP contribution is -2.75. The van der Waals surface area contributed by atoms with Gasteiger partial charge in [0, 0.05) is 24.2 Å². The van der Waals surface area contributed by atoms with Crippen LogP contribution in [0.4, 0.5) is 0 Å². The van der Waals surface area contributed by atoms with Gasteiger partial charge in [-0.25, -0.2) is 0 Å². The molecule has 31 heavy (non-hydrogen) atoms. The third-order valence-corrected chi connectivity index (χ3v) is 6.38. The maximum absolute atomic E-state index is 13.6. The summed E-state index contributed by atoms with van der Waals surface area (Å²) in [5, 5.41) is 0. The number of fused-ring (bicyclic) bond motifs is 2. The predicted molar refractivity (Wildman–Crippen MR) is 121 cm³/mol. The first-order valence-corrected chi connectivity index (χ1v) is 10.7. The Morgan fingerprint density at radius 3 is 2.23 bits per heavy atom. The van der Waals surface area contributed by atoms with E-state index in [1.807, 2.05) is 103 Å². The van der Waals surface area contributed by atoms with Gasteiger partial charge in [-0.2, -0.15) is 0 Å². The van der Waals surface area contributed by atoms with E-state index in [1.165, 1.54) is 0 Å². The molecule has 0 aliphatic carbocycles. The molecular weight excluding hydrogens is 384 g/mol. The molecule has 3 aromatic carbocycles. The van der Waals surface area contributed by atoms with Gasteiger partial charge in [-0.1, -0.05) is 91.0 Å². The minimum Gasteiger partial charge on any atom is -0.331 e. The number of benzene rings is 3. The first kappa shape index (κ1) is 19.3. The quantitative estimate of drug-likeness (QED) is 0.584. The van der Waals surface area contributed by atoms with E-state index in [1.54, 1.807) is 4.90 Å². The number of hydrogen-bond acceptors (Lipinski definition) is 2. The van der Waals surface area contributed by atoms with Gasteiger partial charge in [0.25, 0.3) is 11.8 Å². The molecular formula is C27H24N2O2. The molecule has 1 fully saturated rings. The van der Waals surface area contributed by atoms with Crippen molar-refractivity contribution in [1.82, 2.24) is 9.80 Å². The molecule has 0 saturated carbocycles. The van der Waals surface area contributed by atoms with E-state index in [9.17, 15) is 9.59 Å². The molecule has 0 aromatic heterocycles. The highest BCUT2D eigenvalue weighted by Crippen LogP contribution is 2.52. The van der Waals surface area contributed by atoms with Crippen LogP contribution in [0.25, 0.3) is 6.08 Å². The van der Waals surface area contributed by atoms with Crippen LogP contribution in [0.5, 0.6) is 0 Å². The van der Waals surface area contributed by atoms with Gasteiger partial charge in [0.05, 0.1) is 6.04 Å². The van der Waals surface area contributed by atoms with E-state index < -0.39 is 5.54 Å². The summed E-state index contributed by atoms with van der Waals surface area (Å²) in [7, 11) is 0. The lowest BCUT2D eigenvalue weighted by molar-refractivity contribution is -0.169. The zero-order valence-corrected chi connectivity index (χ0v) is 17.4. The Kier molecular flexibility index (Phi) is 4.70. The zero-order valence-electron chi connectivity index (χ0n) is 17.4. The van der Waals surface area contributed by atoms with E-state index in [-0.39, 0.29) is 17.9 Å². The molecule has 0 N–H and O–H groups in total. The van der Waals surface area contributed by atoms with Crippen molar-refractivity contribution in [2.75, 3.05) is 6.54 Å². The smallest absolute Gasteiger partial charge is 0.256 e. The highest BCUT2D eigenvalue weighted by atomic mass is 16.2. The summed E-state index contributed by atoms with van der Waals surface area (Å²) in [6, 6.07) is 27.3. The van der Waals surface area contributed by atoms with Gasteiger partial charge in [-0.05, 0) is 24.1 Å². The number of β-lactam (4-membered cyclic amide) rings is 1. The predicted octanol–water partition coefficient (Wildman–Crippen LogP) is 4.48. The zero-order chi connectivity index (χ0) is 21.4. The number of carbonyl (C=O) groups excluding carboxylic acids is 2. The fourth-order valence-electron chi connectivity index (χ4n) is 4.95. The van der Waals surface area contributed by atoms with Crippen LogP contribution in [0.15, 0.2) is 91.0 Å². The third-order valence-electron chi connectivity index (χ3n) is 6.38. The van der Waals surface area contributed by atoms with Gasteiger partial charge < -0.3 is 9.80 Å². The van der Waals surface area contributed by atoms with Crippen LogP contribution in [-0.2, 0) is 16.9 Å². The molecule has 1 spiro atoms. The van der Waals surface area contributed by atoms with Crippen LogP contribution in [-0.4, -0.2) is 34.2 Å². The van der Waals surface area contributed by atoms with Crippen LogP contribution in [0.1, 0.15) is 34.0 Å². The van der Waals surface area contributed by atoms with Gasteiger partial charge in [-0.3, -0.25) is 9.59 Å². The molecule has 0 unspecified atom stereocenters. The number of amides is 2. The Balaban J connectivity index is 1.63. The molecule has 2 heterocycles. The average molecular weight is 409 g/mol. The van der Waals surface area contributed by atoms with Gasteiger partial charge in [0.2, 0.25) is 0 Å². The second-order valence-corrected chi connectivity index (χ2v) is 7.99. The SMILES string of the molecule is CCN1C(=O)[C@]2(c3ccccc3C(=O)N2Cc2ccccc2)[C@H]1/C=C/c1ccccc1. The molecule has 154 valence electrons. The van der Waals surface area contributed by atoms with Crippen molar-refractivity contribution in [3.8, 4) is 0 Å². The van der Waals surface area contributed by atoms with Crippen LogP contribution in [0.2, 0.25) is 0 Å². The normalized spacial score (nSPS) is 22.3. The number of likely N-dealkylation sites (N-methyl/N-ethyl adjacent to an activating group) is 1. The molecule has 0 radical (unpaired) electrons. The Hall–Kier alpha value is -3.66. The summed E-state index contributed by atoms with van der Waals surface area (Å²) in [5.74, 6) is -0.0892. The number of rotatable bonds is 5. The summed E-state index contributed by atoms with van der Waals surface area (Å²) in [6.07, 6.45) is 4.13. The van der Waals surface area contributed by atoms with Gasteiger partial charge in [0.15, 0.2) is 5.54 Å². The van der Waals surface area contributed by atoms with Crippen molar-refractivity contribution in [2.45, 2.75) is 25.0 Å². The summed E-state index contributed by atoms with van der Waals surface area (Å²) in [6.45, 7) is 2.98. The van der Waals surface area contributed by atoms with Gasteiger partial charge >= 0.3 is 0 Å². The standard InChI is InChI=1S/C27H24N2O2/c1-2-28-24(18-17-20-11-5-3-6-12-20)27(26(28)31)23-16-10-9-15-22(23)25(30)29(27)19-21-13-7-4-8-14-21/h3-18,24H,2,19H2,1H3/b18-17+/t24-,27+/m1/s1. The second kappa shape index (κ2) is 7.55. The lowest BCUT2D eigenvalue weighted by atomic mass is 9.72. The molecule has 0 bridgehead atoms. The number of likely N-dealkylation sites (tertiary alicyclic amines) is 1. The molecule has 5 rings (SSSR count). The molecule has 2 amide bonds. The largest absolute Gasteiger partial charge is 0.331 e. The van der Waals surface area contributed by atoms with Crippen LogP contribution in [0.3, 0.4) is 0 Å². The van der Waals surface area contributed by atoms with E-state index in [0.717, 1.165) is 16.7 Å². The molecule has 2 aliphatic rings. The molecule has 2 atom stereocenters. The van der Waals surface area contributed by atoms with E-state index in [2.05, 4.69) is 6.08 Å². The van der Waals surface area contributed by atoms with E-state index in [4.69, 9.17) is 0 Å². The first-order chi connectivity index (χ1) is 15.2. The van der Waals surface area contributed by atoms with E-state index >= 15 is 0 Å². The second-order valence-electron chi connectivity index (χ2n) is 7.99.